The van der Waals surface area contributed by atoms with Gasteiger partial charge in [0.05, 0.1) is 7.11 Å². The molecule has 1 aromatic rings. The third kappa shape index (κ3) is 5.74. The smallest absolute Gasteiger partial charge is 0.305 e. The molecule has 4 nitrogen and oxygen atoms in total. The number of benzene rings is 1. The molecule has 0 aromatic heterocycles. The van der Waals surface area contributed by atoms with E-state index in [9.17, 15) is 9.59 Å². The first-order chi connectivity index (χ1) is 10.5. The maximum Gasteiger partial charge on any atom is 0.305 e. The fourth-order valence-corrected chi connectivity index (χ4v) is 2.00. The summed E-state index contributed by atoms with van der Waals surface area (Å²) in [5.41, 5.74) is 1.33. The predicted octanol–water partition coefficient (Wildman–Crippen LogP) is 3.36. The van der Waals surface area contributed by atoms with Crippen LogP contribution >= 0.6 is 11.6 Å². The lowest BCUT2D eigenvalue weighted by Gasteiger charge is -2.22. The Morgan fingerprint density at radius 3 is 2.45 bits per heavy atom. The maximum atomic E-state index is 12.4. The third-order valence-corrected chi connectivity index (χ3v) is 3.34. The Kier molecular flexibility index (Phi) is 7.40. The molecule has 1 aromatic carbocycles. The predicted molar refractivity (Wildman–Crippen MR) is 87.5 cm³/mol. The summed E-state index contributed by atoms with van der Waals surface area (Å²) in [6.45, 7) is 8.26. The summed E-state index contributed by atoms with van der Waals surface area (Å²) >= 11 is 5.85. The molecule has 0 aliphatic heterocycles. The number of amides is 1. The minimum atomic E-state index is -0.359. The number of carbonyl (C=O) groups excluding carboxylic acids is 2. The van der Waals surface area contributed by atoms with Crippen LogP contribution in [0.5, 0.6) is 0 Å². The van der Waals surface area contributed by atoms with E-state index in [0.717, 1.165) is 5.56 Å². The largest absolute Gasteiger partial charge is 0.469 e. The van der Waals surface area contributed by atoms with Gasteiger partial charge in [0.15, 0.2) is 0 Å². The Hall–Kier alpha value is -2.07. The highest BCUT2D eigenvalue weighted by Gasteiger charge is 2.17. The van der Waals surface area contributed by atoms with Gasteiger partial charge < -0.3 is 9.64 Å². The molecule has 0 saturated carbocycles. The fraction of sp³-hybridized carbons (Fsp3) is 0.294. The molecule has 0 heterocycles. The van der Waals surface area contributed by atoms with Gasteiger partial charge in [0.1, 0.15) is 0 Å². The summed E-state index contributed by atoms with van der Waals surface area (Å²) in [6, 6.07) is 7.28. The van der Waals surface area contributed by atoms with Crippen LogP contribution in [-0.4, -0.2) is 30.4 Å². The molecule has 1 rings (SSSR count). The van der Waals surface area contributed by atoms with Gasteiger partial charge in [-0.05, 0) is 24.1 Å². The summed E-state index contributed by atoms with van der Waals surface area (Å²) in [5.74, 6) is -0.555. The van der Waals surface area contributed by atoms with Crippen molar-refractivity contribution in [3.05, 3.63) is 59.7 Å². The molecule has 0 aliphatic carbocycles. The van der Waals surface area contributed by atoms with Crippen LogP contribution in [0.4, 0.5) is 0 Å². The highest BCUT2D eigenvalue weighted by Crippen LogP contribution is 2.14. The minimum absolute atomic E-state index is 0.143. The summed E-state index contributed by atoms with van der Waals surface area (Å²) in [4.78, 5) is 25.2. The highest BCUT2D eigenvalue weighted by atomic mass is 35.5. The van der Waals surface area contributed by atoms with E-state index in [0.29, 0.717) is 23.7 Å². The second-order valence-electron chi connectivity index (χ2n) is 4.78. The molecule has 22 heavy (non-hydrogen) atoms. The van der Waals surface area contributed by atoms with Gasteiger partial charge >= 0.3 is 5.97 Å². The zero-order valence-corrected chi connectivity index (χ0v) is 13.4. The third-order valence-electron chi connectivity index (χ3n) is 3.08. The molecule has 0 radical (unpaired) electrons. The Bertz CT molecular complexity index is 552. The first-order valence-corrected chi connectivity index (χ1v) is 7.25. The number of esters is 1. The van der Waals surface area contributed by atoms with E-state index in [-0.39, 0.29) is 24.7 Å². The Morgan fingerprint density at radius 2 is 1.91 bits per heavy atom. The van der Waals surface area contributed by atoms with Crippen molar-refractivity contribution < 1.29 is 14.3 Å². The van der Waals surface area contributed by atoms with Crippen LogP contribution in [-0.2, 0) is 20.9 Å². The van der Waals surface area contributed by atoms with Crippen molar-refractivity contribution in [2.75, 3.05) is 13.7 Å². The lowest BCUT2D eigenvalue weighted by Crippen LogP contribution is -2.31. The second kappa shape index (κ2) is 9.05. The van der Waals surface area contributed by atoms with Crippen molar-refractivity contribution in [1.29, 1.82) is 0 Å². The molecule has 118 valence electrons. The van der Waals surface area contributed by atoms with Crippen molar-refractivity contribution in [3.8, 4) is 0 Å². The van der Waals surface area contributed by atoms with Crippen LogP contribution in [0.2, 0.25) is 5.02 Å². The number of nitrogens with zero attached hydrogens (tertiary/aromatic N) is 1. The zero-order valence-electron chi connectivity index (χ0n) is 12.7. The second-order valence-corrected chi connectivity index (χ2v) is 5.22. The number of halogens is 1. The summed E-state index contributed by atoms with van der Waals surface area (Å²) in [7, 11) is 1.32. The maximum absolute atomic E-state index is 12.4. The van der Waals surface area contributed by atoms with Gasteiger partial charge in [-0.15, -0.1) is 6.58 Å². The molecule has 5 heteroatoms. The summed E-state index contributed by atoms with van der Waals surface area (Å²) < 4.78 is 4.56. The molecule has 0 saturated heterocycles. The van der Waals surface area contributed by atoms with Crippen LogP contribution in [0.25, 0.3) is 0 Å². The van der Waals surface area contributed by atoms with E-state index in [2.05, 4.69) is 17.9 Å². The number of hydrogen-bond acceptors (Lipinski definition) is 3. The van der Waals surface area contributed by atoms with Gasteiger partial charge in [-0.1, -0.05) is 36.4 Å². The molecule has 0 bridgehead atoms. The SMILES string of the molecule is C=CCN(Cc1ccc(Cl)cc1)C(=O)C(=C)CCC(=O)OC. The first kappa shape index (κ1) is 18.0. The molecule has 1 amide bonds. The average molecular weight is 322 g/mol. The minimum Gasteiger partial charge on any atom is -0.469 e. The number of hydrogen-bond donors (Lipinski definition) is 0. The number of methoxy groups -OCH3 is 1. The Morgan fingerprint density at radius 1 is 1.27 bits per heavy atom. The molecular weight excluding hydrogens is 302 g/mol. The number of ether oxygens (including phenoxy) is 1. The van der Waals surface area contributed by atoms with E-state index < -0.39 is 0 Å². The van der Waals surface area contributed by atoms with Crippen molar-refractivity contribution >= 4 is 23.5 Å². The monoisotopic (exact) mass is 321 g/mol. The van der Waals surface area contributed by atoms with Crippen LogP contribution in [0.1, 0.15) is 18.4 Å². The van der Waals surface area contributed by atoms with E-state index in [1.807, 2.05) is 12.1 Å². The number of rotatable bonds is 8. The average Bonchev–Trinajstić information content (AvgIpc) is 2.53. The quantitative estimate of drug-likeness (QED) is 0.419. The van der Waals surface area contributed by atoms with Gasteiger partial charge in [0, 0.05) is 30.1 Å². The van der Waals surface area contributed by atoms with Crippen LogP contribution < -0.4 is 0 Å². The van der Waals surface area contributed by atoms with Crippen molar-refractivity contribution in [2.24, 2.45) is 0 Å². The lowest BCUT2D eigenvalue weighted by atomic mass is 10.1. The number of carbonyl (C=O) groups is 2. The zero-order chi connectivity index (χ0) is 16.5. The fourth-order valence-electron chi connectivity index (χ4n) is 1.87. The van der Waals surface area contributed by atoms with Gasteiger partial charge in [0.2, 0.25) is 5.91 Å². The van der Waals surface area contributed by atoms with Crippen molar-refractivity contribution in [3.63, 3.8) is 0 Å². The molecule has 0 unspecified atom stereocenters. The van der Waals surface area contributed by atoms with Crippen LogP contribution in [0.3, 0.4) is 0 Å². The summed E-state index contributed by atoms with van der Waals surface area (Å²) in [6.07, 6.45) is 2.07. The standard InChI is InChI=1S/C17H20ClNO3/c1-4-11-19(12-14-6-8-15(18)9-7-14)17(21)13(2)5-10-16(20)22-3/h4,6-9H,1-2,5,10-12H2,3H3. The van der Waals surface area contributed by atoms with Crippen LogP contribution in [0, 0.1) is 0 Å². The topological polar surface area (TPSA) is 46.6 Å². The molecular formula is C17H20ClNO3. The van der Waals surface area contributed by atoms with Gasteiger partial charge in [0.25, 0.3) is 0 Å². The van der Waals surface area contributed by atoms with E-state index >= 15 is 0 Å². The molecule has 0 spiro atoms. The van der Waals surface area contributed by atoms with Crippen molar-refractivity contribution in [1.82, 2.24) is 4.90 Å². The van der Waals surface area contributed by atoms with Gasteiger partial charge in [-0.2, -0.15) is 0 Å². The van der Waals surface area contributed by atoms with E-state index in [1.54, 1.807) is 23.1 Å². The normalized spacial score (nSPS) is 9.91. The highest BCUT2D eigenvalue weighted by molar-refractivity contribution is 6.30. The first-order valence-electron chi connectivity index (χ1n) is 6.87. The molecule has 0 aliphatic rings. The summed E-state index contributed by atoms with van der Waals surface area (Å²) in [5, 5.41) is 0.646. The Balaban J connectivity index is 2.70. The molecule has 0 atom stereocenters. The van der Waals surface area contributed by atoms with Crippen LogP contribution in [0.15, 0.2) is 49.1 Å². The molecule has 0 fully saturated rings. The Labute approximate surface area is 136 Å². The van der Waals surface area contributed by atoms with E-state index in [1.165, 1.54) is 7.11 Å². The van der Waals surface area contributed by atoms with E-state index in [4.69, 9.17) is 11.6 Å². The lowest BCUT2D eigenvalue weighted by molar-refractivity contribution is -0.140. The van der Waals surface area contributed by atoms with Gasteiger partial charge in [-0.3, -0.25) is 9.59 Å². The van der Waals surface area contributed by atoms with Crippen molar-refractivity contribution in [2.45, 2.75) is 19.4 Å². The van der Waals surface area contributed by atoms with Gasteiger partial charge in [-0.25, -0.2) is 0 Å². The molecule has 0 N–H and O–H groups in total.